The Bertz CT molecular complexity index is 1210. The number of carbonyl (C=O) groups excluding carboxylic acids is 2. The van der Waals surface area contributed by atoms with Crippen LogP contribution in [0.25, 0.3) is 0 Å². The molecular formula is C33H39ClN2O4. The van der Waals surface area contributed by atoms with E-state index in [-0.39, 0.29) is 30.8 Å². The first kappa shape index (κ1) is 29.5. The van der Waals surface area contributed by atoms with Crippen LogP contribution in [0.5, 0.6) is 11.5 Å². The molecule has 0 heterocycles. The van der Waals surface area contributed by atoms with Gasteiger partial charge in [-0.2, -0.15) is 0 Å². The second-order valence-corrected chi connectivity index (χ2v) is 10.7. The molecule has 1 aliphatic carbocycles. The Morgan fingerprint density at radius 3 is 2.30 bits per heavy atom. The van der Waals surface area contributed by atoms with Gasteiger partial charge in [0, 0.05) is 30.5 Å². The molecule has 3 aromatic rings. The lowest BCUT2D eigenvalue weighted by Crippen LogP contribution is -2.52. The van der Waals surface area contributed by atoms with Gasteiger partial charge in [0.1, 0.15) is 17.5 Å². The van der Waals surface area contributed by atoms with E-state index in [4.69, 9.17) is 21.1 Å². The minimum atomic E-state index is -0.657. The Hall–Kier alpha value is -3.51. The molecule has 1 aliphatic rings. The van der Waals surface area contributed by atoms with Crippen molar-refractivity contribution in [3.63, 3.8) is 0 Å². The van der Waals surface area contributed by atoms with Gasteiger partial charge in [0.25, 0.3) is 0 Å². The number of nitrogens with zero attached hydrogens (tertiary/aromatic N) is 1. The van der Waals surface area contributed by atoms with Crippen LogP contribution >= 0.6 is 11.6 Å². The SMILES string of the molecule is COc1ccc(OCCCC(=O)N(Cc2ccccc2Cl)C(Cc2ccccc2)C(=O)NC2CCCCC2)cc1. The van der Waals surface area contributed by atoms with Gasteiger partial charge in [0.05, 0.1) is 13.7 Å². The van der Waals surface area contributed by atoms with Crippen LogP contribution in [0.1, 0.15) is 56.1 Å². The number of carbonyl (C=O) groups is 2. The van der Waals surface area contributed by atoms with E-state index in [0.717, 1.165) is 48.3 Å². The molecule has 1 atom stereocenters. The summed E-state index contributed by atoms with van der Waals surface area (Å²) in [4.78, 5) is 29.4. The lowest BCUT2D eigenvalue weighted by Gasteiger charge is -2.33. The highest BCUT2D eigenvalue weighted by Gasteiger charge is 2.32. The first-order valence-electron chi connectivity index (χ1n) is 14.2. The predicted molar refractivity (Wildman–Crippen MR) is 159 cm³/mol. The minimum Gasteiger partial charge on any atom is -0.497 e. The Morgan fingerprint density at radius 2 is 1.60 bits per heavy atom. The summed E-state index contributed by atoms with van der Waals surface area (Å²) >= 11 is 6.52. The Kier molecular flexibility index (Phi) is 11.3. The highest BCUT2D eigenvalue weighted by molar-refractivity contribution is 6.31. The van der Waals surface area contributed by atoms with E-state index in [0.29, 0.717) is 24.5 Å². The van der Waals surface area contributed by atoms with Crippen molar-refractivity contribution in [3.8, 4) is 11.5 Å². The van der Waals surface area contributed by atoms with E-state index < -0.39 is 6.04 Å². The number of benzene rings is 3. The fourth-order valence-corrected chi connectivity index (χ4v) is 5.33. The summed E-state index contributed by atoms with van der Waals surface area (Å²) < 4.78 is 11.0. The van der Waals surface area contributed by atoms with Crippen LogP contribution in [0.4, 0.5) is 0 Å². The molecule has 2 amide bonds. The largest absolute Gasteiger partial charge is 0.497 e. The summed E-state index contributed by atoms with van der Waals surface area (Å²) in [5.41, 5.74) is 1.82. The minimum absolute atomic E-state index is 0.0991. The maximum absolute atomic E-state index is 13.8. The van der Waals surface area contributed by atoms with Gasteiger partial charge < -0.3 is 19.7 Å². The number of amides is 2. The van der Waals surface area contributed by atoms with E-state index in [2.05, 4.69) is 5.32 Å². The van der Waals surface area contributed by atoms with Crippen molar-refractivity contribution in [1.82, 2.24) is 10.2 Å². The number of methoxy groups -OCH3 is 1. The van der Waals surface area contributed by atoms with Crippen LogP contribution in [0.2, 0.25) is 5.02 Å². The standard InChI is InChI=1S/C33H39ClN2O4/c1-39-28-18-20-29(21-19-28)40-22-10-17-32(37)36(24-26-13-8-9-16-30(26)34)31(23-25-11-4-2-5-12-25)33(38)35-27-14-6-3-7-15-27/h2,4-5,8-9,11-13,16,18-21,27,31H,3,6-7,10,14-15,17,22-24H2,1H3,(H,35,38). The molecule has 3 aromatic carbocycles. The highest BCUT2D eigenvalue weighted by Crippen LogP contribution is 2.23. The third kappa shape index (κ3) is 8.75. The van der Waals surface area contributed by atoms with Crippen molar-refractivity contribution in [1.29, 1.82) is 0 Å². The summed E-state index contributed by atoms with van der Waals surface area (Å²) in [6.07, 6.45) is 6.59. The van der Waals surface area contributed by atoms with E-state index in [9.17, 15) is 9.59 Å². The van der Waals surface area contributed by atoms with Gasteiger partial charge in [-0.3, -0.25) is 9.59 Å². The number of ether oxygens (including phenoxy) is 2. The predicted octanol–water partition coefficient (Wildman–Crippen LogP) is 6.60. The van der Waals surface area contributed by atoms with Gasteiger partial charge in [-0.1, -0.05) is 79.4 Å². The van der Waals surface area contributed by atoms with Gasteiger partial charge >= 0.3 is 0 Å². The monoisotopic (exact) mass is 562 g/mol. The van der Waals surface area contributed by atoms with Crippen LogP contribution in [-0.2, 0) is 22.6 Å². The van der Waals surface area contributed by atoms with Gasteiger partial charge in [0.15, 0.2) is 0 Å². The molecule has 0 aromatic heterocycles. The second kappa shape index (κ2) is 15.3. The number of hydrogen-bond acceptors (Lipinski definition) is 4. The van der Waals surface area contributed by atoms with Crippen molar-refractivity contribution in [2.24, 2.45) is 0 Å². The molecule has 0 aliphatic heterocycles. The summed E-state index contributed by atoms with van der Waals surface area (Å²) in [5, 5.41) is 3.85. The number of halogens is 1. The van der Waals surface area contributed by atoms with Crippen molar-refractivity contribution in [3.05, 3.63) is 95.0 Å². The van der Waals surface area contributed by atoms with Gasteiger partial charge in [-0.25, -0.2) is 0 Å². The zero-order valence-corrected chi connectivity index (χ0v) is 23.9. The normalized spacial score (nSPS) is 14.2. The molecule has 212 valence electrons. The maximum Gasteiger partial charge on any atom is 0.243 e. The molecule has 0 bridgehead atoms. The van der Waals surface area contributed by atoms with Crippen LogP contribution in [0, 0.1) is 0 Å². The third-order valence-electron chi connectivity index (χ3n) is 7.38. The summed E-state index contributed by atoms with van der Waals surface area (Å²) in [6.45, 7) is 0.642. The van der Waals surface area contributed by atoms with E-state index in [1.165, 1.54) is 6.42 Å². The zero-order chi connectivity index (χ0) is 28.2. The highest BCUT2D eigenvalue weighted by atomic mass is 35.5. The molecule has 6 nitrogen and oxygen atoms in total. The lowest BCUT2D eigenvalue weighted by molar-refractivity contribution is -0.141. The lowest BCUT2D eigenvalue weighted by atomic mass is 9.94. The van der Waals surface area contributed by atoms with Crippen molar-refractivity contribution >= 4 is 23.4 Å². The molecule has 1 fully saturated rings. The van der Waals surface area contributed by atoms with Crippen LogP contribution < -0.4 is 14.8 Å². The van der Waals surface area contributed by atoms with Gasteiger partial charge in [-0.05, 0) is 60.7 Å². The number of nitrogens with one attached hydrogen (secondary N) is 1. The quantitative estimate of drug-likeness (QED) is 0.238. The average molecular weight is 563 g/mol. The Balaban J connectivity index is 1.51. The summed E-state index contributed by atoms with van der Waals surface area (Å²) in [5.74, 6) is 1.27. The Morgan fingerprint density at radius 1 is 0.925 bits per heavy atom. The maximum atomic E-state index is 13.8. The molecule has 0 saturated heterocycles. The van der Waals surface area contributed by atoms with Crippen molar-refractivity contribution < 1.29 is 19.1 Å². The fourth-order valence-electron chi connectivity index (χ4n) is 5.14. The topological polar surface area (TPSA) is 67.9 Å². The molecule has 7 heteroatoms. The van der Waals surface area contributed by atoms with Gasteiger partial charge in [-0.15, -0.1) is 0 Å². The molecule has 1 saturated carbocycles. The molecule has 1 unspecified atom stereocenters. The number of hydrogen-bond donors (Lipinski definition) is 1. The Labute approximate surface area is 242 Å². The summed E-state index contributed by atoms with van der Waals surface area (Å²) in [6, 6.07) is 24.2. The van der Waals surface area contributed by atoms with Crippen LogP contribution in [0.15, 0.2) is 78.9 Å². The molecule has 4 rings (SSSR count). The van der Waals surface area contributed by atoms with Crippen LogP contribution in [0.3, 0.4) is 0 Å². The van der Waals surface area contributed by atoms with Crippen molar-refractivity contribution in [2.75, 3.05) is 13.7 Å². The second-order valence-electron chi connectivity index (χ2n) is 10.3. The first-order valence-corrected chi connectivity index (χ1v) is 14.6. The van der Waals surface area contributed by atoms with Crippen molar-refractivity contribution in [2.45, 2.75) is 70.0 Å². The van der Waals surface area contributed by atoms with Crippen LogP contribution in [-0.4, -0.2) is 42.5 Å². The molecular weight excluding hydrogens is 524 g/mol. The molecule has 40 heavy (non-hydrogen) atoms. The van der Waals surface area contributed by atoms with Gasteiger partial charge in [0.2, 0.25) is 11.8 Å². The van der Waals surface area contributed by atoms with E-state index >= 15 is 0 Å². The average Bonchev–Trinajstić information content (AvgIpc) is 2.99. The molecule has 0 spiro atoms. The fraction of sp³-hybridized carbons (Fsp3) is 0.394. The first-order chi connectivity index (χ1) is 19.5. The summed E-state index contributed by atoms with van der Waals surface area (Å²) in [7, 11) is 1.62. The molecule has 0 radical (unpaired) electrons. The smallest absolute Gasteiger partial charge is 0.243 e. The van der Waals surface area contributed by atoms with E-state index in [1.807, 2.05) is 78.9 Å². The third-order valence-corrected chi connectivity index (χ3v) is 7.75. The van der Waals surface area contributed by atoms with E-state index in [1.54, 1.807) is 12.0 Å². The molecule has 1 N–H and O–H groups in total. The zero-order valence-electron chi connectivity index (χ0n) is 23.2. The number of rotatable bonds is 13.